The predicted molar refractivity (Wildman–Crippen MR) is 120 cm³/mol. The number of nitrogens with zero attached hydrogens (tertiary/aromatic N) is 3. The average Bonchev–Trinajstić information content (AvgIpc) is 3.19. The van der Waals surface area contributed by atoms with Gasteiger partial charge in [-0.05, 0) is 55.5 Å². The number of halogens is 2. The first kappa shape index (κ1) is 21.5. The first-order chi connectivity index (χ1) is 14.7. The summed E-state index contributed by atoms with van der Waals surface area (Å²) in [6.07, 6.45) is 1.23. The molecule has 0 saturated carbocycles. The third kappa shape index (κ3) is 4.49. The maximum Gasteiger partial charge on any atom is 0.339 e. The molecular weight excluding hydrogens is 481 g/mol. The van der Waals surface area contributed by atoms with E-state index in [2.05, 4.69) is 10.1 Å². The molecule has 0 saturated heterocycles. The molecule has 0 amide bonds. The number of rotatable bonds is 5. The summed E-state index contributed by atoms with van der Waals surface area (Å²) < 4.78 is 31.5. The van der Waals surface area contributed by atoms with Crippen LogP contribution >= 0.6 is 34.5 Å². The van der Waals surface area contributed by atoms with Crippen LogP contribution in [0.1, 0.15) is 5.69 Å². The summed E-state index contributed by atoms with van der Waals surface area (Å²) in [7, 11) is -4.08. The highest BCUT2D eigenvalue weighted by Gasteiger charge is 2.18. The summed E-state index contributed by atoms with van der Waals surface area (Å²) in [5.74, 6) is 0.170. The fraction of sp³-hybridized carbons (Fsp3) is 0.0500. The first-order valence-corrected chi connectivity index (χ1v) is 11.8. The Hall–Kier alpha value is -2.72. The molecule has 31 heavy (non-hydrogen) atoms. The van der Waals surface area contributed by atoms with Crippen molar-refractivity contribution in [2.24, 2.45) is 0 Å². The van der Waals surface area contributed by atoms with Crippen molar-refractivity contribution in [2.75, 3.05) is 0 Å². The minimum absolute atomic E-state index is 0.0338. The number of aromatic nitrogens is 3. The lowest BCUT2D eigenvalue weighted by Gasteiger charge is -2.09. The maximum atomic E-state index is 12.6. The molecule has 0 aliphatic heterocycles. The van der Waals surface area contributed by atoms with Gasteiger partial charge in [0.1, 0.15) is 20.7 Å². The van der Waals surface area contributed by atoms with Crippen molar-refractivity contribution < 1.29 is 12.6 Å². The SMILES string of the molecule is Cc1csc(-c2ccc(OS(=O)(=O)c3ccc(-n4ncc(Cl)c(Cl)c4=O)cc3)cc2)n1. The summed E-state index contributed by atoms with van der Waals surface area (Å²) in [5.41, 5.74) is 1.50. The Kier molecular flexibility index (Phi) is 5.85. The van der Waals surface area contributed by atoms with E-state index in [-0.39, 0.29) is 20.7 Å². The van der Waals surface area contributed by atoms with Crippen LogP contribution in [0.2, 0.25) is 10.0 Å². The van der Waals surface area contributed by atoms with Crippen molar-refractivity contribution in [1.82, 2.24) is 14.8 Å². The molecule has 0 N–H and O–H groups in total. The van der Waals surface area contributed by atoms with E-state index < -0.39 is 15.7 Å². The first-order valence-electron chi connectivity index (χ1n) is 8.75. The van der Waals surface area contributed by atoms with Crippen molar-refractivity contribution in [3.05, 3.63) is 86.2 Å². The number of aryl methyl sites for hydroxylation is 1. The smallest absolute Gasteiger partial charge is 0.339 e. The third-order valence-corrected chi connectivity index (χ3v) is 7.19. The normalized spacial score (nSPS) is 11.5. The summed E-state index contributed by atoms with van der Waals surface area (Å²) in [6.45, 7) is 1.91. The molecule has 4 aromatic rings. The highest BCUT2D eigenvalue weighted by molar-refractivity contribution is 7.87. The lowest BCUT2D eigenvalue weighted by Crippen LogP contribution is -2.21. The zero-order chi connectivity index (χ0) is 22.2. The lowest BCUT2D eigenvalue weighted by atomic mass is 10.2. The van der Waals surface area contributed by atoms with E-state index in [1.54, 1.807) is 24.3 Å². The van der Waals surface area contributed by atoms with E-state index >= 15 is 0 Å². The molecule has 0 aliphatic rings. The molecule has 2 aromatic carbocycles. The highest BCUT2D eigenvalue weighted by Crippen LogP contribution is 2.27. The molecule has 0 unspecified atom stereocenters. The van der Waals surface area contributed by atoms with Crippen LogP contribution in [0.25, 0.3) is 16.3 Å². The molecule has 158 valence electrons. The standard InChI is InChI=1S/C20H13Cl2N3O4S2/c1-12-11-30-19(24-12)13-2-6-15(7-3-13)29-31(27,28)16-8-4-14(5-9-16)25-20(26)18(22)17(21)10-23-25/h2-11H,1H3. The van der Waals surface area contributed by atoms with Crippen molar-refractivity contribution in [2.45, 2.75) is 11.8 Å². The number of hydrogen-bond acceptors (Lipinski definition) is 7. The van der Waals surface area contributed by atoms with E-state index in [0.717, 1.165) is 20.9 Å². The van der Waals surface area contributed by atoms with Gasteiger partial charge in [-0.15, -0.1) is 11.3 Å². The van der Waals surface area contributed by atoms with Gasteiger partial charge in [-0.3, -0.25) is 4.79 Å². The van der Waals surface area contributed by atoms with Crippen molar-refractivity contribution in [3.8, 4) is 22.0 Å². The predicted octanol–water partition coefficient (Wildman–Crippen LogP) is 4.74. The van der Waals surface area contributed by atoms with Gasteiger partial charge in [0.15, 0.2) is 0 Å². The Balaban J connectivity index is 1.55. The van der Waals surface area contributed by atoms with Crippen LogP contribution in [0, 0.1) is 6.92 Å². The van der Waals surface area contributed by atoms with Crippen molar-refractivity contribution in [3.63, 3.8) is 0 Å². The molecule has 0 spiro atoms. The molecule has 0 aliphatic carbocycles. The largest absolute Gasteiger partial charge is 0.379 e. The highest BCUT2D eigenvalue weighted by atomic mass is 35.5. The Bertz CT molecular complexity index is 1410. The third-order valence-electron chi connectivity index (χ3n) is 4.17. The van der Waals surface area contributed by atoms with Gasteiger partial charge in [-0.25, -0.2) is 4.98 Å². The van der Waals surface area contributed by atoms with Crippen LogP contribution < -0.4 is 9.74 Å². The van der Waals surface area contributed by atoms with Crippen LogP contribution in [0.5, 0.6) is 5.75 Å². The monoisotopic (exact) mass is 493 g/mol. The van der Waals surface area contributed by atoms with Crippen LogP contribution in [0.4, 0.5) is 0 Å². The second-order valence-electron chi connectivity index (χ2n) is 6.37. The van der Waals surface area contributed by atoms with Crippen LogP contribution in [-0.4, -0.2) is 23.2 Å². The fourth-order valence-electron chi connectivity index (χ4n) is 2.67. The van der Waals surface area contributed by atoms with Crippen LogP contribution in [0.15, 0.2) is 69.8 Å². The van der Waals surface area contributed by atoms with Gasteiger partial charge in [-0.2, -0.15) is 18.2 Å². The minimum Gasteiger partial charge on any atom is -0.379 e. The fourth-order valence-corrected chi connectivity index (χ4v) is 4.65. The van der Waals surface area contributed by atoms with E-state index in [1.807, 2.05) is 12.3 Å². The lowest BCUT2D eigenvalue weighted by molar-refractivity contribution is 0.486. The van der Waals surface area contributed by atoms with Gasteiger partial charge >= 0.3 is 10.1 Å². The van der Waals surface area contributed by atoms with E-state index in [0.29, 0.717) is 5.69 Å². The number of hydrogen-bond donors (Lipinski definition) is 0. The molecule has 4 rings (SSSR count). The summed E-state index contributed by atoms with van der Waals surface area (Å²) in [4.78, 5) is 16.5. The molecule has 0 radical (unpaired) electrons. The second-order valence-corrected chi connectivity index (χ2v) is 9.56. The Labute approximate surface area is 191 Å². The van der Waals surface area contributed by atoms with E-state index in [9.17, 15) is 13.2 Å². The zero-order valence-electron chi connectivity index (χ0n) is 15.8. The molecular formula is C20H13Cl2N3O4S2. The van der Waals surface area contributed by atoms with Crippen molar-refractivity contribution in [1.29, 1.82) is 0 Å². The Morgan fingerprint density at radius 1 is 1.03 bits per heavy atom. The number of thiazole rings is 1. The van der Waals surface area contributed by atoms with E-state index in [1.165, 1.54) is 41.8 Å². The van der Waals surface area contributed by atoms with Gasteiger partial charge in [0.2, 0.25) is 0 Å². The molecule has 0 bridgehead atoms. The minimum atomic E-state index is -4.08. The van der Waals surface area contributed by atoms with Gasteiger partial charge in [0, 0.05) is 16.6 Å². The summed E-state index contributed by atoms with van der Waals surface area (Å²) >= 11 is 13.1. The quantitative estimate of drug-likeness (QED) is 0.373. The second kappa shape index (κ2) is 8.43. The molecule has 2 heterocycles. The average molecular weight is 494 g/mol. The van der Waals surface area contributed by atoms with Crippen LogP contribution in [-0.2, 0) is 10.1 Å². The van der Waals surface area contributed by atoms with E-state index in [4.69, 9.17) is 27.4 Å². The molecule has 7 nitrogen and oxygen atoms in total. The molecule has 0 fully saturated rings. The molecule has 2 aromatic heterocycles. The van der Waals surface area contributed by atoms with Crippen molar-refractivity contribution >= 4 is 44.7 Å². The Morgan fingerprint density at radius 3 is 2.32 bits per heavy atom. The van der Waals surface area contributed by atoms with Gasteiger partial charge in [0.05, 0.1) is 16.9 Å². The van der Waals surface area contributed by atoms with Gasteiger partial charge in [-0.1, -0.05) is 23.2 Å². The maximum absolute atomic E-state index is 12.6. The van der Waals surface area contributed by atoms with Crippen LogP contribution in [0.3, 0.4) is 0 Å². The molecule has 0 atom stereocenters. The summed E-state index contributed by atoms with van der Waals surface area (Å²) in [6, 6.07) is 12.1. The topological polar surface area (TPSA) is 91.2 Å². The van der Waals surface area contributed by atoms with Gasteiger partial charge in [0.25, 0.3) is 5.56 Å². The molecule has 11 heteroatoms. The Morgan fingerprint density at radius 2 is 1.71 bits per heavy atom. The van der Waals surface area contributed by atoms with Gasteiger partial charge < -0.3 is 4.18 Å². The number of benzene rings is 2. The zero-order valence-corrected chi connectivity index (χ0v) is 19.0. The summed E-state index contributed by atoms with van der Waals surface area (Å²) in [5, 5.41) is 6.55.